The van der Waals surface area contributed by atoms with Gasteiger partial charge in [0.25, 0.3) is 5.91 Å². The second-order valence-corrected chi connectivity index (χ2v) is 7.51. The lowest BCUT2D eigenvalue weighted by Crippen LogP contribution is -2.39. The van der Waals surface area contributed by atoms with Crippen molar-refractivity contribution in [3.8, 4) is 11.6 Å². The zero-order chi connectivity index (χ0) is 20.2. The summed E-state index contributed by atoms with van der Waals surface area (Å²) >= 11 is 0. The summed E-state index contributed by atoms with van der Waals surface area (Å²) in [5, 5.41) is 17.5. The Balaban J connectivity index is 1.33. The van der Waals surface area contributed by atoms with Crippen LogP contribution in [0.4, 0.5) is 0 Å². The number of carbonyl (C=O) groups excluding carboxylic acids is 1. The maximum atomic E-state index is 12.6. The maximum Gasteiger partial charge on any atom is 0.251 e. The van der Waals surface area contributed by atoms with Gasteiger partial charge in [-0.25, -0.2) is 4.98 Å². The van der Waals surface area contributed by atoms with Gasteiger partial charge in [-0.05, 0) is 67.6 Å². The zero-order valence-electron chi connectivity index (χ0n) is 16.2. The Morgan fingerprint density at radius 1 is 1.24 bits per heavy atom. The molecule has 4 rings (SSSR count). The van der Waals surface area contributed by atoms with Gasteiger partial charge in [-0.15, -0.1) is 0 Å². The number of ether oxygens (including phenoxy) is 1. The third-order valence-electron chi connectivity index (χ3n) is 5.18. The highest BCUT2D eigenvalue weighted by Crippen LogP contribution is 2.28. The fourth-order valence-electron chi connectivity index (χ4n) is 3.71. The monoisotopic (exact) mass is 392 g/mol. The van der Waals surface area contributed by atoms with Crippen LogP contribution in [0.2, 0.25) is 0 Å². The highest BCUT2D eigenvalue weighted by atomic mass is 16.5. The van der Waals surface area contributed by atoms with E-state index in [-0.39, 0.29) is 17.9 Å². The number of aliphatic hydroxyl groups excluding tert-OH is 1. The van der Waals surface area contributed by atoms with E-state index in [0.29, 0.717) is 23.6 Å². The molecular weight excluding hydrogens is 368 g/mol. The molecule has 29 heavy (non-hydrogen) atoms. The molecule has 1 aliphatic rings. The average molecular weight is 392 g/mol. The van der Waals surface area contributed by atoms with Crippen LogP contribution >= 0.6 is 0 Å². The van der Waals surface area contributed by atoms with Gasteiger partial charge in [0.2, 0.25) is 5.88 Å². The molecule has 1 unspecified atom stereocenters. The molecule has 0 spiro atoms. The first-order valence-electron chi connectivity index (χ1n) is 9.74. The van der Waals surface area contributed by atoms with Crippen LogP contribution in [-0.4, -0.2) is 37.9 Å². The van der Waals surface area contributed by atoms with Crippen molar-refractivity contribution in [3.05, 3.63) is 72.2 Å². The quantitative estimate of drug-likeness (QED) is 0.673. The maximum absolute atomic E-state index is 12.6. The Bertz CT molecular complexity index is 956. The van der Waals surface area contributed by atoms with Gasteiger partial charge in [0.1, 0.15) is 5.75 Å². The number of carbonyl (C=O) groups is 1. The topological polar surface area (TPSA) is 89.3 Å². The summed E-state index contributed by atoms with van der Waals surface area (Å²) in [6, 6.07) is 12.3. The van der Waals surface area contributed by atoms with Gasteiger partial charge < -0.3 is 15.2 Å². The number of amides is 1. The number of nitrogens with one attached hydrogen (secondary N) is 1. The second-order valence-electron chi connectivity index (χ2n) is 7.51. The van der Waals surface area contributed by atoms with Crippen LogP contribution in [0.3, 0.4) is 0 Å². The molecule has 1 aliphatic carbocycles. The number of hydrogen-bond acceptors (Lipinski definition) is 5. The van der Waals surface area contributed by atoms with Gasteiger partial charge in [0.05, 0.1) is 12.1 Å². The Morgan fingerprint density at radius 3 is 2.79 bits per heavy atom. The smallest absolute Gasteiger partial charge is 0.251 e. The van der Waals surface area contributed by atoms with Crippen molar-refractivity contribution in [2.45, 2.75) is 38.5 Å². The van der Waals surface area contributed by atoms with Crippen molar-refractivity contribution in [3.63, 3.8) is 0 Å². The van der Waals surface area contributed by atoms with Crippen molar-refractivity contribution in [1.82, 2.24) is 20.1 Å². The van der Waals surface area contributed by atoms with E-state index in [1.165, 1.54) is 0 Å². The standard InChI is InChI=1S/C22H24N4O3/c1-15-7-9-23-21(11-15)29-18-5-3-17(4-6-18)22(28)25-19-12-16(13-20(19)27)14-26-10-2-8-24-26/h2-11,16,19-20,27H,12-14H2,1H3,(H,25,28)/t16?,19-,20-/m1/s1. The normalized spacial score (nSPS) is 21.1. The molecule has 2 aromatic heterocycles. The zero-order valence-corrected chi connectivity index (χ0v) is 16.2. The van der Waals surface area contributed by atoms with Gasteiger partial charge in [0.15, 0.2) is 0 Å². The van der Waals surface area contributed by atoms with Crippen LogP contribution in [0.1, 0.15) is 28.8 Å². The van der Waals surface area contributed by atoms with Crippen LogP contribution in [-0.2, 0) is 6.54 Å². The third-order valence-corrected chi connectivity index (χ3v) is 5.18. The van der Waals surface area contributed by atoms with Gasteiger partial charge in [0, 0.05) is 36.8 Å². The highest BCUT2D eigenvalue weighted by Gasteiger charge is 2.34. The molecule has 150 valence electrons. The van der Waals surface area contributed by atoms with E-state index < -0.39 is 6.10 Å². The minimum Gasteiger partial charge on any atom is -0.439 e. The predicted octanol–water partition coefficient (Wildman–Crippen LogP) is 2.95. The van der Waals surface area contributed by atoms with Crippen LogP contribution in [0, 0.1) is 12.8 Å². The molecule has 1 amide bonds. The van der Waals surface area contributed by atoms with Crippen LogP contribution in [0.15, 0.2) is 61.1 Å². The van der Waals surface area contributed by atoms with Crippen molar-refractivity contribution >= 4 is 5.91 Å². The molecule has 3 aromatic rings. The number of aliphatic hydroxyl groups is 1. The molecule has 0 saturated heterocycles. The Labute approximate surface area is 169 Å². The first-order chi connectivity index (χ1) is 14.1. The van der Waals surface area contributed by atoms with Gasteiger partial charge in [-0.1, -0.05) is 0 Å². The van der Waals surface area contributed by atoms with E-state index in [0.717, 1.165) is 18.5 Å². The minimum absolute atomic E-state index is 0.200. The number of rotatable bonds is 6. The van der Waals surface area contributed by atoms with Crippen molar-refractivity contribution in [1.29, 1.82) is 0 Å². The Morgan fingerprint density at radius 2 is 2.07 bits per heavy atom. The summed E-state index contributed by atoms with van der Waals surface area (Å²) in [5.74, 6) is 1.21. The Hall–Kier alpha value is -3.19. The molecule has 3 atom stereocenters. The average Bonchev–Trinajstić information content (AvgIpc) is 3.32. The second kappa shape index (κ2) is 8.45. The largest absolute Gasteiger partial charge is 0.439 e. The lowest BCUT2D eigenvalue weighted by molar-refractivity contribution is 0.0872. The van der Waals surface area contributed by atoms with Crippen molar-refractivity contribution in [2.24, 2.45) is 5.92 Å². The van der Waals surface area contributed by atoms with E-state index >= 15 is 0 Å². The van der Waals surface area contributed by atoms with E-state index in [1.807, 2.05) is 36.0 Å². The number of benzene rings is 1. The molecule has 1 saturated carbocycles. The molecule has 2 heterocycles. The molecule has 0 radical (unpaired) electrons. The first kappa shape index (κ1) is 19.1. The summed E-state index contributed by atoms with van der Waals surface area (Å²) < 4.78 is 7.58. The van der Waals surface area contributed by atoms with Crippen LogP contribution in [0.25, 0.3) is 0 Å². The molecular formula is C22H24N4O3. The molecule has 1 aromatic carbocycles. The number of pyridine rings is 1. The van der Waals surface area contributed by atoms with Crippen LogP contribution < -0.4 is 10.1 Å². The number of aryl methyl sites for hydroxylation is 1. The molecule has 1 fully saturated rings. The summed E-state index contributed by atoms with van der Waals surface area (Å²) in [6.45, 7) is 2.72. The van der Waals surface area contributed by atoms with Gasteiger partial charge in [-0.3, -0.25) is 9.48 Å². The SMILES string of the molecule is Cc1ccnc(Oc2ccc(C(=O)N[C@@H]3CC(Cn4cccn4)C[C@H]3O)cc2)c1. The molecule has 7 heteroatoms. The molecule has 2 N–H and O–H groups in total. The van der Waals surface area contributed by atoms with Crippen molar-refractivity contribution < 1.29 is 14.6 Å². The molecule has 0 aliphatic heterocycles. The fourth-order valence-corrected chi connectivity index (χ4v) is 3.71. The molecule has 0 bridgehead atoms. The number of aromatic nitrogens is 3. The Kier molecular flexibility index (Phi) is 5.57. The predicted molar refractivity (Wildman–Crippen MR) is 108 cm³/mol. The first-order valence-corrected chi connectivity index (χ1v) is 9.74. The third kappa shape index (κ3) is 4.81. The molecule has 7 nitrogen and oxygen atoms in total. The lowest BCUT2D eigenvalue weighted by atomic mass is 10.1. The summed E-state index contributed by atoms with van der Waals surface area (Å²) in [7, 11) is 0. The number of nitrogens with zero attached hydrogens (tertiary/aromatic N) is 3. The van der Waals surface area contributed by atoms with E-state index in [2.05, 4.69) is 15.4 Å². The van der Waals surface area contributed by atoms with Gasteiger partial charge >= 0.3 is 0 Å². The summed E-state index contributed by atoms with van der Waals surface area (Å²) in [4.78, 5) is 16.8. The van der Waals surface area contributed by atoms with E-state index in [4.69, 9.17) is 4.74 Å². The summed E-state index contributed by atoms with van der Waals surface area (Å²) in [5.41, 5.74) is 1.59. The fraction of sp³-hybridized carbons (Fsp3) is 0.318. The number of hydrogen-bond donors (Lipinski definition) is 2. The van der Waals surface area contributed by atoms with E-state index in [9.17, 15) is 9.90 Å². The lowest BCUT2D eigenvalue weighted by Gasteiger charge is -2.16. The van der Waals surface area contributed by atoms with Crippen molar-refractivity contribution in [2.75, 3.05) is 0 Å². The van der Waals surface area contributed by atoms with Gasteiger partial charge in [-0.2, -0.15) is 5.10 Å². The van der Waals surface area contributed by atoms with E-state index in [1.54, 1.807) is 36.7 Å². The summed E-state index contributed by atoms with van der Waals surface area (Å²) in [6.07, 6.45) is 6.18. The minimum atomic E-state index is -0.547. The van der Waals surface area contributed by atoms with Crippen LogP contribution in [0.5, 0.6) is 11.6 Å². The highest BCUT2D eigenvalue weighted by molar-refractivity contribution is 5.94.